The average molecular weight is 962 g/mol. The number of unbranched alkanes of at least 4 members (excludes halogenated alkanes) is 41. The molecule has 0 aliphatic heterocycles. The van der Waals surface area contributed by atoms with Crippen LogP contribution in [0.25, 0.3) is 0 Å². The topological polar surface area (TPSA) is 78.9 Å². The summed E-state index contributed by atoms with van der Waals surface area (Å²) in [5, 5.41) is 0. The highest BCUT2D eigenvalue weighted by molar-refractivity contribution is 5.71. The van der Waals surface area contributed by atoms with E-state index in [1.165, 1.54) is 238 Å². The third kappa shape index (κ3) is 55.3. The molecular formula is C62H120O6. The van der Waals surface area contributed by atoms with Gasteiger partial charge in [0.25, 0.3) is 0 Å². The molecule has 0 heterocycles. The summed E-state index contributed by atoms with van der Waals surface area (Å²) in [5.74, 6) is 0.857. The molecule has 0 aromatic carbocycles. The Kier molecular flexibility index (Phi) is 53.5. The van der Waals surface area contributed by atoms with Crippen molar-refractivity contribution in [1.82, 2.24) is 0 Å². The second kappa shape index (κ2) is 54.7. The van der Waals surface area contributed by atoms with E-state index in [-0.39, 0.29) is 31.1 Å². The van der Waals surface area contributed by atoms with Gasteiger partial charge in [0.2, 0.25) is 0 Å². The molecule has 0 bridgehead atoms. The zero-order valence-electron chi connectivity index (χ0n) is 46.7. The van der Waals surface area contributed by atoms with Crippen molar-refractivity contribution in [2.75, 3.05) is 13.2 Å². The van der Waals surface area contributed by atoms with Crippen LogP contribution in [0, 0.1) is 11.8 Å². The summed E-state index contributed by atoms with van der Waals surface area (Å²) < 4.78 is 16.9. The molecule has 0 N–H and O–H groups in total. The number of carbonyl (C=O) groups excluding carboxylic acids is 3. The zero-order chi connectivity index (χ0) is 49.6. The minimum absolute atomic E-state index is 0.0621. The van der Waals surface area contributed by atoms with Gasteiger partial charge in [-0.05, 0) is 31.1 Å². The Morgan fingerprint density at radius 1 is 0.279 bits per heavy atom. The van der Waals surface area contributed by atoms with Crippen LogP contribution in [-0.4, -0.2) is 37.2 Å². The van der Waals surface area contributed by atoms with Crippen LogP contribution in [0.1, 0.15) is 349 Å². The predicted octanol–water partition coefficient (Wildman–Crippen LogP) is 20.4. The van der Waals surface area contributed by atoms with Gasteiger partial charge in [0, 0.05) is 19.3 Å². The Hall–Kier alpha value is -1.59. The normalized spacial score (nSPS) is 12.0. The SMILES string of the molecule is CCCCCCCCCCCCCCCCCC(=O)OC[C@H](COC(=O)CCCCCCCCCCCCCCCCCCC(C)C)OC(=O)CCCCCCCCCCCCCCCC(C)C. The molecule has 0 saturated heterocycles. The first-order valence-corrected chi connectivity index (χ1v) is 30.7. The van der Waals surface area contributed by atoms with Gasteiger partial charge < -0.3 is 14.2 Å². The highest BCUT2D eigenvalue weighted by Crippen LogP contribution is 2.19. The summed E-state index contributed by atoms with van der Waals surface area (Å²) in [6, 6.07) is 0. The number of esters is 3. The molecule has 0 aliphatic rings. The van der Waals surface area contributed by atoms with Gasteiger partial charge in [-0.2, -0.15) is 0 Å². The Bertz CT molecular complexity index is 1040. The van der Waals surface area contributed by atoms with Crippen molar-refractivity contribution in [1.29, 1.82) is 0 Å². The smallest absolute Gasteiger partial charge is 0.306 e. The van der Waals surface area contributed by atoms with Crippen LogP contribution in [0.15, 0.2) is 0 Å². The maximum Gasteiger partial charge on any atom is 0.306 e. The number of rotatable bonds is 56. The summed E-state index contributed by atoms with van der Waals surface area (Å²) in [6.07, 6.45) is 59.5. The lowest BCUT2D eigenvalue weighted by Crippen LogP contribution is -2.30. The summed E-state index contributed by atoms with van der Waals surface area (Å²) >= 11 is 0. The van der Waals surface area contributed by atoms with Crippen molar-refractivity contribution in [3.8, 4) is 0 Å². The number of carbonyl (C=O) groups is 3. The Morgan fingerprint density at radius 2 is 0.485 bits per heavy atom. The maximum atomic E-state index is 12.9. The molecule has 0 aromatic rings. The monoisotopic (exact) mass is 961 g/mol. The van der Waals surface area contributed by atoms with E-state index in [1.54, 1.807) is 0 Å². The molecule has 0 spiro atoms. The first-order chi connectivity index (χ1) is 33.2. The predicted molar refractivity (Wildman–Crippen MR) is 293 cm³/mol. The largest absolute Gasteiger partial charge is 0.462 e. The van der Waals surface area contributed by atoms with Gasteiger partial charge in [-0.15, -0.1) is 0 Å². The van der Waals surface area contributed by atoms with E-state index in [1.807, 2.05) is 0 Å². The van der Waals surface area contributed by atoms with E-state index < -0.39 is 6.10 Å². The lowest BCUT2D eigenvalue weighted by Gasteiger charge is -2.18. The minimum Gasteiger partial charge on any atom is -0.462 e. The van der Waals surface area contributed by atoms with Gasteiger partial charge >= 0.3 is 17.9 Å². The second-order valence-corrected chi connectivity index (χ2v) is 22.3. The number of hydrogen-bond acceptors (Lipinski definition) is 6. The molecule has 68 heavy (non-hydrogen) atoms. The fourth-order valence-electron chi connectivity index (χ4n) is 9.58. The third-order valence-electron chi connectivity index (χ3n) is 14.2. The van der Waals surface area contributed by atoms with Crippen LogP contribution in [0.4, 0.5) is 0 Å². The van der Waals surface area contributed by atoms with Crippen molar-refractivity contribution < 1.29 is 28.6 Å². The van der Waals surface area contributed by atoms with Gasteiger partial charge in [-0.1, -0.05) is 311 Å². The van der Waals surface area contributed by atoms with E-state index in [9.17, 15) is 14.4 Å². The first-order valence-electron chi connectivity index (χ1n) is 30.7. The standard InChI is InChI=1S/C62H120O6/c1-6-7-8-9-10-11-12-13-16-22-27-32-37-42-47-52-60(63)66-55-59(68-62(65)54-49-44-39-34-29-24-19-21-26-31-36-41-46-51-58(4)5)56-67-61(64)53-48-43-38-33-28-23-18-15-14-17-20-25-30-35-40-45-50-57(2)3/h57-59H,6-56H2,1-5H3/t59-/m1/s1. The van der Waals surface area contributed by atoms with Crippen LogP contribution in [0.3, 0.4) is 0 Å². The third-order valence-corrected chi connectivity index (χ3v) is 14.2. The summed E-state index contributed by atoms with van der Waals surface area (Å²) in [5.41, 5.74) is 0. The molecule has 6 nitrogen and oxygen atoms in total. The van der Waals surface area contributed by atoms with Gasteiger partial charge in [0.05, 0.1) is 0 Å². The van der Waals surface area contributed by atoms with Gasteiger partial charge in [0.15, 0.2) is 6.10 Å². The second-order valence-electron chi connectivity index (χ2n) is 22.3. The molecular weight excluding hydrogens is 841 g/mol. The van der Waals surface area contributed by atoms with E-state index >= 15 is 0 Å². The molecule has 0 aromatic heterocycles. The highest BCUT2D eigenvalue weighted by Gasteiger charge is 2.19. The first kappa shape index (κ1) is 66.4. The Balaban J connectivity index is 4.28. The Labute approximate surface area is 425 Å². The van der Waals surface area contributed by atoms with Crippen molar-refractivity contribution in [2.24, 2.45) is 11.8 Å². The van der Waals surface area contributed by atoms with Crippen LogP contribution in [0.5, 0.6) is 0 Å². The lowest BCUT2D eigenvalue weighted by atomic mass is 10.0. The Morgan fingerprint density at radius 3 is 0.721 bits per heavy atom. The number of ether oxygens (including phenoxy) is 3. The fourth-order valence-corrected chi connectivity index (χ4v) is 9.58. The van der Waals surface area contributed by atoms with Gasteiger partial charge in [0.1, 0.15) is 13.2 Å². The van der Waals surface area contributed by atoms with E-state index in [0.29, 0.717) is 19.3 Å². The van der Waals surface area contributed by atoms with Crippen molar-refractivity contribution >= 4 is 17.9 Å². The van der Waals surface area contributed by atoms with Crippen molar-refractivity contribution in [3.63, 3.8) is 0 Å². The van der Waals surface area contributed by atoms with Gasteiger partial charge in [-0.25, -0.2) is 0 Å². The molecule has 6 heteroatoms. The molecule has 0 aliphatic carbocycles. The molecule has 0 rings (SSSR count). The van der Waals surface area contributed by atoms with Crippen LogP contribution >= 0.6 is 0 Å². The summed E-state index contributed by atoms with van der Waals surface area (Å²) in [6.45, 7) is 11.4. The minimum atomic E-state index is -0.763. The molecule has 0 saturated carbocycles. The van der Waals surface area contributed by atoms with Crippen LogP contribution in [-0.2, 0) is 28.6 Å². The summed E-state index contributed by atoms with van der Waals surface area (Å²) in [4.78, 5) is 38.2. The number of hydrogen-bond donors (Lipinski definition) is 0. The van der Waals surface area contributed by atoms with E-state index in [2.05, 4.69) is 34.6 Å². The molecule has 0 unspecified atom stereocenters. The molecule has 0 amide bonds. The van der Waals surface area contributed by atoms with Crippen LogP contribution in [0.2, 0.25) is 0 Å². The maximum absolute atomic E-state index is 12.9. The fraction of sp³-hybridized carbons (Fsp3) is 0.952. The average Bonchev–Trinajstić information content (AvgIpc) is 3.31. The molecule has 1 atom stereocenters. The molecule has 404 valence electrons. The van der Waals surface area contributed by atoms with Crippen LogP contribution < -0.4 is 0 Å². The van der Waals surface area contributed by atoms with Crippen molar-refractivity contribution in [2.45, 2.75) is 355 Å². The van der Waals surface area contributed by atoms with Crippen molar-refractivity contribution in [3.05, 3.63) is 0 Å². The van der Waals surface area contributed by atoms with E-state index in [4.69, 9.17) is 14.2 Å². The highest BCUT2D eigenvalue weighted by atomic mass is 16.6. The van der Waals surface area contributed by atoms with Gasteiger partial charge in [-0.3, -0.25) is 14.4 Å². The van der Waals surface area contributed by atoms with E-state index in [0.717, 1.165) is 69.6 Å². The molecule has 0 fully saturated rings. The zero-order valence-corrected chi connectivity index (χ0v) is 46.7. The summed E-state index contributed by atoms with van der Waals surface area (Å²) in [7, 11) is 0. The molecule has 0 radical (unpaired) electrons. The lowest BCUT2D eigenvalue weighted by molar-refractivity contribution is -0.167. The quantitative estimate of drug-likeness (QED) is 0.0343.